The van der Waals surface area contributed by atoms with Crippen molar-refractivity contribution < 1.29 is 19.1 Å². The maximum atomic E-state index is 13.0. The van der Waals surface area contributed by atoms with Crippen LogP contribution in [0.2, 0.25) is 0 Å². The average Bonchev–Trinajstić information content (AvgIpc) is 3.33. The van der Waals surface area contributed by atoms with Gasteiger partial charge in [0.1, 0.15) is 11.5 Å². The summed E-state index contributed by atoms with van der Waals surface area (Å²) >= 11 is 0. The third kappa shape index (κ3) is 3.55. The van der Waals surface area contributed by atoms with E-state index in [4.69, 9.17) is 9.47 Å². The quantitative estimate of drug-likeness (QED) is 0.787. The first-order chi connectivity index (χ1) is 14.1. The lowest BCUT2D eigenvalue weighted by Crippen LogP contribution is -2.45. The minimum Gasteiger partial charge on any atom is -0.497 e. The second kappa shape index (κ2) is 7.78. The SMILES string of the molecule is COc1ccc2c(c1)C(=O)N[C@@H]2CC(=O)NC1(c2ccccc2OC)CCCC1. The van der Waals surface area contributed by atoms with Crippen LogP contribution < -0.4 is 20.1 Å². The summed E-state index contributed by atoms with van der Waals surface area (Å²) in [6.07, 6.45) is 4.07. The Morgan fingerprint density at radius 2 is 1.90 bits per heavy atom. The zero-order valence-corrected chi connectivity index (χ0v) is 16.8. The molecule has 2 aromatic carbocycles. The normalized spacial score (nSPS) is 19.4. The van der Waals surface area contributed by atoms with Crippen LogP contribution in [-0.2, 0) is 10.3 Å². The van der Waals surface area contributed by atoms with Gasteiger partial charge in [-0.05, 0) is 36.6 Å². The van der Waals surface area contributed by atoms with Crippen molar-refractivity contribution in [2.24, 2.45) is 0 Å². The van der Waals surface area contributed by atoms with Crippen molar-refractivity contribution in [3.8, 4) is 11.5 Å². The molecule has 152 valence electrons. The topological polar surface area (TPSA) is 76.7 Å². The van der Waals surface area contributed by atoms with Crippen molar-refractivity contribution in [3.05, 3.63) is 59.2 Å². The molecule has 2 N–H and O–H groups in total. The van der Waals surface area contributed by atoms with Gasteiger partial charge in [0.25, 0.3) is 5.91 Å². The summed E-state index contributed by atoms with van der Waals surface area (Å²) < 4.78 is 10.8. The Balaban J connectivity index is 1.54. The van der Waals surface area contributed by atoms with Gasteiger partial charge in [-0.2, -0.15) is 0 Å². The number of hydrogen-bond acceptors (Lipinski definition) is 4. The van der Waals surface area contributed by atoms with Gasteiger partial charge in [0.2, 0.25) is 5.91 Å². The molecule has 1 heterocycles. The van der Waals surface area contributed by atoms with Crippen molar-refractivity contribution in [2.45, 2.75) is 43.7 Å². The molecule has 1 aliphatic heterocycles. The lowest BCUT2D eigenvalue weighted by atomic mass is 9.87. The fourth-order valence-electron chi connectivity index (χ4n) is 4.62. The van der Waals surface area contributed by atoms with E-state index < -0.39 is 5.54 Å². The second-order valence-corrected chi connectivity index (χ2v) is 7.72. The van der Waals surface area contributed by atoms with Crippen molar-refractivity contribution in [1.29, 1.82) is 0 Å². The maximum Gasteiger partial charge on any atom is 0.252 e. The lowest BCUT2D eigenvalue weighted by molar-refractivity contribution is -0.123. The molecule has 4 rings (SSSR count). The summed E-state index contributed by atoms with van der Waals surface area (Å²) in [5.41, 5.74) is 2.01. The first-order valence-electron chi connectivity index (χ1n) is 9.99. The highest BCUT2D eigenvalue weighted by Gasteiger charge is 2.40. The van der Waals surface area contributed by atoms with Gasteiger partial charge in [0.05, 0.1) is 32.2 Å². The van der Waals surface area contributed by atoms with E-state index in [2.05, 4.69) is 10.6 Å². The molecule has 1 atom stereocenters. The minimum absolute atomic E-state index is 0.0771. The number of fused-ring (bicyclic) bond motifs is 1. The third-order valence-electron chi connectivity index (χ3n) is 6.03. The van der Waals surface area contributed by atoms with Crippen LogP contribution in [0.5, 0.6) is 11.5 Å². The second-order valence-electron chi connectivity index (χ2n) is 7.72. The Hall–Kier alpha value is -3.02. The fourth-order valence-corrected chi connectivity index (χ4v) is 4.62. The van der Waals surface area contributed by atoms with Gasteiger partial charge in [-0.15, -0.1) is 0 Å². The number of carbonyl (C=O) groups is 2. The van der Waals surface area contributed by atoms with Crippen molar-refractivity contribution in [1.82, 2.24) is 10.6 Å². The highest BCUT2D eigenvalue weighted by Crippen LogP contribution is 2.43. The molecule has 6 heteroatoms. The number of amides is 2. The number of nitrogens with one attached hydrogen (secondary N) is 2. The molecule has 2 amide bonds. The highest BCUT2D eigenvalue weighted by molar-refractivity contribution is 6.00. The summed E-state index contributed by atoms with van der Waals surface area (Å²) in [6.45, 7) is 0. The highest BCUT2D eigenvalue weighted by atomic mass is 16.5. The van der Waals surface area contributed by atoms with Gasteiger partial charge in [0.15, 0.2) is 0 Å². The molecule has 1 fully saturated rings. The summed E-state index contributed by atoms with van der Waals surface area (Å²) in [7, 11) is 3.22. The molecule has 0 unspecified atom stereocenters. The molecule has 6 nitrogen and oxygen atoms in total. The summed E-state index contributed by atoms with van der Waals surface area (Å²) in [6, 6.07) is 12.9. The molecule has 2 aromatic rings. The van der Waals surface area contributed by atoms with E-state index in [-0.39, 0.29) is 24.3 Å². The van der Waals surface area contributed by atoms with Gasteiger partial charge >= 0.3 is 0 Å². The molecular formula is C23H26N2O4. The van der Waals surface area contributed by atoms with Crippen LogP contribution in [0.1, 0.15) is 59.6 Å². The van der Waals surface area contributed by atoms with E-state index >= 15 is 0 Å². The minimum atomic E-state index is -0.422. The maximum absolute atomic E-state index is 13.0. The molecular weight excluding hydrogens is 368 g/mol. The number of para-hydroxylation sites is 1. The first kappa shape index (κ1) is 19.3. The van der Waals surface area contributed by atoms with Crippen molar-refractivity contribution in [3.63, 3.8) is 0 Å². The van der Waals surface area contributed by atoms with Crippen LogP contribution in [-0.4, -0.2) is 26.0 Å². The standard InChI is InChI=1S/C23H26N2O4/c1-28-15-9-10-16-17(13-15)22(27)24-19(16)14-21(26)25-23(11-5-6-12-23)18-7-3-4-8-20(18)29-2/h3-4,7-10,13,19H,5-6,11-12,14H2,1-2H3,(H,24,27)(H,25,26)/t19-/m1/s1. The van der Waals surface area contributed by atoms with E-state index in [9.17, 15) is 9.59 Å². The van der Waals surface area contributed by atoms with Gasteiger partial charge in [-0.1, -0.05) is 37.1 Å². The van der Waals surface area contributed by atoms with E-state index in [0.717, 1.165) is 42.6 Å². The summed E-state index contributed by atoms with van der Waals surface area (Å²) in [5, 5.41) is 6.20. The molecule has 1 aliphatic carbocycles. The Bertz CT molecular complexity index is 934. The lowest BCUT2D eigenvalue weighted by Gasteiger charge is -2.32. The van der Waals surface area contributed by atoms with Gasteiger partial charge < -0.3 is 20.1 Å². The number of carbonyl (C=O) groups excluding carboxylic acids is 2. The molecule has 0 spiro atoms. The monoisotopic (exact) mass is 394 g/mol. The smallest absolute Gasteiger partial charge is 0.252 e. The summed E-state index contributed by atoms with van der Waals surface area (Å²) in [4.78, 5) is 25.4. The Labute approximate surface area is 170 Å². The molecule has 0 aromatic heterocycles. The van der Waals surface area contributed by atoms with Crippen LogP contribution in [0.25, 0.3) is 0 Å². The Morgan fingerprint density at radius 1 is 1.14 bits per heavy atom. The van der Waals surface area contributed by atoms with Crippen LogP contribution in [0.4, 0.5) is 0 Å². The predicted octanol–water partition coefficient (Wildman–Crippen LogP) is 3.46. The van der Waals surface area contributed by atoms with Gasteiger partial charge in [0, 0.05) is 11.1 Å². The van der Waals surface area contributed by atoms with Crippen LogP contribution in [0.3, 0.4) is 0 Å². The number of rotatable bonds is 6. The van der Waals surface area contributed by atoms with Crippen LogP contribution in [0, 0.1) is 0 Å². The number of ether oxygens (including phenoxy) is 2. The summed E-state index contributed by atoms with van der Waals surface area (Å²) in [5.74, 6) is 1.18. The Morgan fingerprint density at radius 3 is 2.62 bits per heavy atom. The van der Waals surface area contributed by atoms with Crippen LogP contribution in [0.15, 0.2) is 42.5 Å². The number of hydrogen-bond donors (Lipinski definition) is 2. The van der Waals surface area contributed by atoms with Gasteiger partial charge in [-0.3, -0.25) is 9.59 Å². The fraction of sp³-hybridized carbons (Fsp3) is 0.391. The Kier molecular flexibility index (Phi) is 5.18. The molecule has 2 aliphatic rings. The van der Waals surface area contributed by atoms with Gasteiger partial charge in [-0.25, -0.2) is 0 Å². The predicted molar refractivity (Wildman–Crippen MR) is 109 cm³/mol. The number of benzene rings is 2. The first-order valence-corrected chi connectivity index (χ1v) is 9.99. The number of methoxy groups -OCH3 is 2. The average molecular weight is 394 g/mol. The zero-order chi connectivity index (χ0) is 20.4. The molecule has 0 bridgehead atoms. The largest absolute Gasteiger partial charge is 0.497 e. The third-order valence-corrected chi connectivity index (χ3v) is 6.03. The zero-order valence-electron chi connectivity index (χ0n) is 16.8. The molecule has 29 heavy (non-hydrogen) atoms. The van der Waals surface area contributed by atoms with E-state index in [1.165, 1.54) is 0 Å². The van der Waals surface area contributed by atoms with Crippen LogP contribution >= 0.6 is 0 Å². The van der Waals surface area contributed by atoms with Crippen molar-refractivity contribution in [2.75, 3.05) is 14.2 Å². The van der Waals surface area contributed by atoms with Crippen molar-refractivity contribution >= 4 is 11.8 Å². The van der Waals surface area contributed by atoms with E-state index in [1.807, 2.05) is 36.4 Å². The molecule has 0 radical (unpaired) electrons. The molecule has 1 saturated carbocycles. The molecule has 0 saturated heterocycles. The van der Waals surface area contributed by atoms with E-state index in [0.29, 0.717) is 11.3 Å². The van der Waals surface area contributed by atoms with E-state index in [1.54, 1.807) is 20.3 Å².